The second-order valence-corrected chi connectivity index (χ2v) is 9.57. The van der Waals surface area contributed by atoms with Crippen LogP contribution in [0.25, 0.3) is 0 Å². The number of nitrogens with zero attached hydrogens (tertiary/aromatic N) is 2. The Morgan fingerprint density at radius 2 is 1.85 bits per heavy atom. The maximum atomic E-state index is 12.9. The smallest absolute Gasteiger partial charge is 0.350 e. The Bertz CT molecular complexity index is 1220. The van der Waals surface area contributed by atoms with Crippen molar-refractivity contribution in [3.63, 3.8) is 0 Å². The molecule has 3 aromatic rings. The van der Waals surface area contributed by atoms with E-state index in [1.807, 2.05) is 24.3 Å². The number of carbonyl (C=O) groups is 3. The van der Waals surface area contributed by atoms with Crippen molar-refractivity contribution in [2.75, 3.05) is 35.7 Å². The number of methoxy groups -OCH3 is 1. The van der Waals surface area contributed by atoms with E-state index in [1.54, 1.807) is 16.8 Å². The Labute approximate surface area is 203 Å². The van der Waals surface area contributed by atoms with E-state index in [4.69, 9.17) is 16.2 Å². The number of anilines is 4. The molecule has 1 saturated heterocycles. The average Bonchev–Trinajstić information content (AvgIpc) is 3.50. The molecule has 1 aliphatic heterocycles. The number of hydrogen-bond acceptors (Lipinski definition) is 10. The summed E-state index contributed by atoms with van der Waals surface area (Å²) in [7, 11) is 1.32. The number of nitrogens with two attached hydrogens (primary N) is 2. The lowest BCUT2D eigenvalue weighted by Crippen LogP contribution is -2.58. The van der Waals surface area contributed by atoms with Crippen LogP contribution in [0.3, 0.4) is 0 Å². The lowest BCUT2D eigenvalue weighted by molar-refractivity contribution is -0.123. The first kappa shape index (κ1) is 23.7. The van der Waals surface area contributed by atoms with Gasteiger partial charge in [-0.05, 0) is 36.4 Å². The third kappa shape index (κ3) is 4.88. The van der Waals surface area contributed by atoms with Gasteiger partial charge in [0.25, 0.3) is 5.91 Å². The summed E-state index contributed by atoms with van der Waals surface area (Å²) in [5.41, 5.74) is 12.8. The summed E-state index contributed by atoms with van der Waals surface area (Å²) in [5, 5.41) is 9.87. The minimum Gasteiger partial charge on any atom is -0.465 e. The van der Waals surface area contributed by atoms with Crippen LogP contribution in [0.1, 0.15) is 33.0 Å². The summed E-state index contributed by atoms with van der Waals surface area (Å²) in [6.07, 6.45) is 0.865. The number of hydrogen-bond donors (Lipinski definition) is 4. The molecule has 10 nitrogen and oxygen atoms in total. The Morgan fingerprint density at radius 1 is 1.12 bits per heavy atom. The van der Waals surface area contributed by atoms with Crippen molar-refractivity contribution in [1.29, 1.82) is 0 Å². The molecule has 4 rings (SSSR count). The van der Waals surface area contributed by atoms with Gasteiger partial charge < -0.3 is 31.7 Å². The zero-order chi connectivity index (χ0) is 24.3. The average molecular weight is 501 g/mol. The van der Waals surface area contributed by atoms with E-state index in [0.717, 1.165) is 5.69 Å². The summed E-state index contributed by atoms with van der Waals surface area (Å²) in [5.74, 6) is -1.30. The molecule has 178 valence electrons. The molecule has 0 spiro atoms. The Hall–Kier alpha value is -3.48. The lowest BCUT2D eigenvalue weighted by atomic mass is 9.87. The van der Waals surface area contributed by atoms with E-state index in [1.165, 1.54) is 29.8 Å². The minimum atomic E-state index is -1.01. The van der Waals surface area contributed by atoms with Gasteiger partial charge >= 0.3 is 5.97 Å². The van der Waals surface area contributed by atoms with Gasteiger partial charge in [-0.15, -0.1) is 22.7 Å². The third-order valence-electron chi connectivity index (χ3n) is 5.65. The van der Waals surface area contributed by atoms with Gasteiger partial charge in [0.1, 0.15) is 10.6 Å². The number of para-hydroxylation sites is 2. The Kier molecular flexibility index (Phi) is 6.82. The maximum absolute atomic E-state index is 12.9. The van der Waals surface area contributed by atoms with E-state index in [0.29, 0.717) is 47.3 Å². The van der Waals surface area contributed by atoms with Crippen LogP contribution >= 0.6 is 22.7 Å². The molecular weight excluding hydrogens is 476 g/mol. The number of benzene rings is 1. The van der Waals surface area contributed by atoms with Crippen molar-refractivity contribution in [1.82, 2.24) is 4.98 Å². The van der Waals surface area contributed by atoms with Crippen molar-refractivity contribution in [2.24, 2.45) is 11.5 Å². The van der Waals surface area contributed by atoms with E-state index in [-0.39, 0.29) is 11.6 Å². The number of primary amides is 1. The van der Waals surface area contributed by atoms with Crippen LogP contribution in [0.15, 0.2) is 41.1 Å². The summed E-state index contributed by atoms with van der Waals surface area (Å²) in [6, 6.07) is 9.18. The van der Waals surface area contributed by atoms with Gasteiger partial charge in [-0.3, -0.25) is 9.59 Å². The summed E-state index contributed by atoms with van der Waals surface area (Å²) in [6.45, 7) is 1.08. The Balaban J connectivity index is 1.45. The number of carbonyl (C=O) groups excluding carboxylic acids is 3. The van der Waals surface area contributed by atoms with Crippen LogP contribution < -0.4 is 27.0 Å². The van der Waals surface area contributed by atoms with Crippen molar-refractivity contribution >= 4 is 62.7 Å². The molecule has 1 aliphatic rings. The fourth-order valence-corrected chi connectivity index (χ4v) is 5.11. The fraction of sp³-hybridized carbons (Fsp3) is 0.273. The molecule has 34 heavy (non-hydrogen) atoms. The first-order valence-corrected chi connectivity index (χ1v) is 12.2. The molecule has 0 radical (unpaired) electrons. The minimum absolute atomic E-state index is 0.241. The lowest BCUT2D eigenvalue weighted by Gasteiger charge is -2.38. The number of rotatable bonds is 7. The second-order valence-electron chi connectivity index (χ2n) is 7.80. The normalized spacial score (nSPS) is 14.9. The van der Waals surface area contributed by atoms with Gasteiger partial charge in [-0.1, -0.05) is 12.1 Å². The predicted molar refractivity (Wildman–Crippen MR) is 133 cm³/mol. The fourth-order valence-electron chi connectivity index (χ4n) is 3.64. The van der Waals surface area contributed by atoms with Gasteiger partial charge in [0.2, 0.25) is 5.91 Å². The maximum Gasteiger partial charge on any atom is 0.350 e. The largest absolute Gasteiger partial charge is 0.465 e. The SMILES string of the molecule is COC(=O)c1sccc1Nc1nc(C(=O)Nc2ccccc2N2CCC(N)(C(N)=O)CC2)cs1. The zero-order valence-corrected chi connectivity index (χ0v) is 20.0. The molecular formula is C22H24N6O4S2. The second kappa shape index (κ2) is 9.79. The van der Waals surface area contributed by atoms with Gasteiger partial charge in [-0.2, -0.15) is 0 Å². The van der Waals surface area contributed by atoms with Gasteiger partial charge in [-0.25, -0.2) is 9.78 Å². The number of esters is 1. The van der Waals surface area contributed by atoms with Crippen LogP contribution in [0, 0.1) is 0 Å². The molecule has 12 heteroatoms. The predicted octanol–water partition coefficient (Wildman–Crippen LogP) is 2.77. The molecule has 0 aliphatic carbocycles. The van der Waals surface area contributed by atoms with E-state index >= 15 is 0 Å². The monoisotopic (exact) mass is 500 g/mol. The van der Waals surface area contributed by atoms with Crippen LogP contribution in [0.4, 0.5) is 22.2 Å². The number of thiophene rings is 1. The first-order chi connectivity index (χ1) is 16.3. The van der Waals surface area contributed by atoms with Gasteiger partial charge in [0.05, 0.1) is 29.7 Å². The van der Waals surface area contributed by atoms with Crippen LogP contribution in [-0.2, 0) is 9.53 Å². The van der Waals surface area contributed by atoms with Crippen molar-refractivity contribution in [3.05, 3.63) is 51.7 Å². The zero-order valence-electron chi connectivity index (χ0n) is 18.4. The highest BCUT2D eigenvalue weighted by molar-refractivity contribution is 7.14. The number of aromatic nitrogens is 1. The molecule has 0 unspecified atom stereocenters. The molecule has 0 atom stereocenters. The molecule has 2 amide bonds. The highest BCUT2D eigenvalue weighted by atomic mass is 32.1. The van der Waals surface area contributed by atoms with Crippen LogP contribution in [0.2, 0.25) is 0 Å². The van der Waals surface area contributed by atoms with Crippen molar-refractivity contribution in [3.8, 4) is 0 Å². The summed E-state index contributed by atoms with van der Waals surface area (Å²) >= 11 is 2.51. The standard InChI is InChI=1S/C22H24N6O4S2/c1-32-19(30)17-14(6-11-33-17)26-21-27-15(12-34-21)18(29)25-13-4-2-3-5-16(13)28-9-7-22(24,8-10-28)20(23)31/h2-6,11-12H,7-10,24H2,1H3,(H2,23,31)(H,25,29)(H,26,27). The molecule has 0 saturated carbocycles. The number of thiazole rings is 1. The van der Waals surface area contributed by atoms with Crippen LogP contribution in [-0.4, -0.2) is 48.5 Å². The highest BCUT2D eigenvalue weighted by Crippen LogP contribution is 2.32. The molecule has 1 fully saturated rings. The highest BCUT2D eigenvalue weighted by Gasteiger charge is 2.36. The Morgan fingerprint density at radius 3 is 2.56 bits per heavy atom. The molecule has 0 bridgehead atoms. The number of amides is 2. The summed E-state index contributed by atoms with van der Waals surface area (Å²) < 4.78 is 4.78. The van der Waals surface area contributed by atoms with E-state index in [2.05, 4.69) is 20.5 Å². The van der Waals surface area contributed by atoms with Crippen molar-refractivity contribution < 1.29 is 19.1 Å². The van der Waals surface area contributed by atoms with Gasteiger partial charge in [0, 0.05) is 18.5 Å². The third-order valence-corrected chi connectivity index (χ3v) is 7.31. The van der Waals surface area contributed by atoms with E-state index < -0.39 is 17.4 Å². The quantitative estimate of drug-likeness (QED) is 0.361. The first-order valence-electron chi connectivity index (χ1n) is 10.4. The number of nitrogens with one attached hydrogen (secondary N) is 2. The van der Waals surface area contributed by atoms with Crippen molar-refractivity contribution in [2.45, 2.75) is 18.4 Å². The molecule has 6 N–H and O–H groups in total. The number of ether oxygens (including phenoxy) is 1. The number of piperidine rings is 1. The van der Waals surface area contributed by atoms with Crippen LogP contribution in [0.5, 0.6) is 0 Å². The van der Waals surface area contributed by atoms with E-state index in [9.17, 15) is 14.4 Å². The molecule has 1 aromatic carbocycles. The molecule has 3 heterocycles. The summed E-state index contributed by atoms with van der Waals surface area (Å²) in [4.78, 5) is 43.3. The van der Waals surface area contributed by atoms with Gasteiger partial charge in [0.15, 0.2) is 5.13 Å². The molecule has 2 aromatic heterocycles. The topological polar surface area (TPSA) is 153 Å².